The molecule has 3 N–H and O–H groups in total. The maximum Gasteiger partial charge on any atom is 0.222 e. The van der Waals surface area contributed by atoms with Gasteiger partial charge >= 0.3 is 0 Å². The third-order valence-corrected chi connectivity index (χ3v) is 5.55. The van der Waals surface area contributed by atoms with Crippen LogP contribution in [0.5, 0.6) is 5.75 Å². The number of amides is 1. The van der Waals surface area contributed by atoms with Gasteiger partial charge in [0.15, 0.2) is 0 Å². The molecular formula is C23H30N2O4. The van der Waals surface area contributed by atoms with Gasteiger partial charge in [-0.15, -0.1) is 0 Å². The maximum atomic E-state index is 12.5. The van der Waals surface area contributed by atoms with E-state index in [0.29, 0.717) is 32.4 Å². The Morgan fingerprint density at radius 1 is 1.21 bits per heavy atom. The van der Waals surface area contributed by atoms with Crippen LogP contribution in [-0.4, -0.2) is 59.5 Å². The molecule has 0 saturated carbocycles. The second-order valence-corrected chi connectivity index (χ2v) is 7.65. The van der Waals surface area contributed by atoms with Gasteiger partial charge in [0.2, 0.25) is 5.91 Å². The molecule has 1 saturated heterocycles. The Morgan fingerprint density at radius 2 is 1.97 bits per heavy atom. The molecule has 0 unspecified atom stereocenters. The molecule has 2 atom stereocenters. The summed E-state index contributed by atoms with van der Waals surface area (Å²) in [4.78, 5) is 14.2. The fourth-order valence-electron chi connectivity index (χ4n) is 3.66. The largest absolute Gasteiger partial charge is 0.497 e. The van der Waals surface area contributed by atoms with Crippen molar-refractivity contribution in [3.05, 3.63) is 65.7 Å². The van der Waals surface area contributed by atoms with Gasteiger partial charge in [0.05, 0.1) is 7.11 Å². The second kappa shape index (κ2) is 9.87. The highest BCUT2D eigenvalue weighted by Gasteiger charge is 2.41. The van der Waals surface area contributed by atoms with Gasteiger partial charge < -0.3 is 25.2 Å². The summed E-state index contributed by atoms with van der Waals surface area (Å²) in [5.74, 6) is 0.796. The van der Waals surface area contributed by atoms with Crippen molar-refractivity contribution in [1.29, 1.82) is 0 Å². The van der Waals surface area contributed by atoms with E-state index in [0.717, 1.165) is 16.9 Å². The van der Waals surface area contributed by atoms with Crippen LogP contribution in [0.15, 0.2) is 54.6 Å². The molecule has 0 bridgehead atoms. The number of benzene rings is 2. The SMILES string of the molecule is COc1cccc(CNC[C@@]2(O)CCN(C(=O)CCc3ccccc3)C[C@@H]2O)c1. The summed E-state index contributed by atoms with van der Waals surface area (Å²) in [5.41, 5.74) is 0.919. The molecule has 1 amide bonds. The number of likely N-dealkylation sites (tertiary alicyclic amines) is 1. The summed E-state index contributed by atoms with van der Waals surface area (Å²) in [7, 11) is 1.63. The number of carbonyl (C=O) groups is 1. The van der Waals surface area contributed by atoms with Crippen LogP contribution in [0.3, 0.4) is 0 Å². The van der Waals surface area contributed by atoms with Gasteiger partial charge in [0, 0.05) is 32.6 Å². The number of aliphatic hydroxyl groups is 2. The second-order valence-electron chi connectivity index (χ2n) is 7.65. The zero-order valence-electron chi connectivity index (χ0n) is 16.9. The molecular weight excluding hydrogens is 368 g/mol. The lowest BCUT2D eigenvalue weighted by Crippen LogP contribution is -2.60. The number of nitrogens with one attached hydrogen (secondary N) is 1. The number of aryl methyl sites for hydroxylation is 1. The number of hydrogen-bond donors (Lipinski definition) is 3. The van der Waals surface area contributed by atoms with Gasteiger partial charge in [0.25, 0.3) is 0 Å². The highest BCUT2D eigenvalue weighted by Crippen LogP contribution is 2.23. The highest BCUT2D eigenvalue weighted by molar-refractivity contribution is 5.76. The van der Waals surface area contributed by atoms with Crippen molar-refractivity contribution < 1.29 is 19.7 Å². The predicted octanol–water partition coefficient (Wildman–Crippen LogP) is 1.74. The zero-order valence-corrected chi connectivity index (χ0v) is 16.9. The monoisotopic (exact) mass is 398 g/mol. The Bertz CT molecular complexity index is 798. The number of aliphatic hydroxyl groups excluding tert-OH is 1. The summed E-state index contributed by atoms with van der Waals surface area (Å²) in [5, 5.41) is 24.6. The molecule has 0 radical (unpaired) electrons. The highest BCUT2D eigenvalue weighted by atomic mass is 16.5. The smallest absolute Gasteiger partial charge is 0.222 e. The van der Waals surface area contributed by atoms with Crippen LogP contribution >= 0.6 is 0 Å². The first kappa shape index (κ1) is 21.3. The number of carbonyl (C=O) groups excluding carboxylic acids is 1. The van der Waals surface area contributed by atoms with E-state index in [2.05, 4.69) is 5.32 Å². The molecule has 6 heteroatoms. The van der Waals surface area contributed by atoms with Gasteiger partial charge in [-0.1, -0.05) is 42.5 Å². The van der Waals surface area contributed by atoms with Gasteiger partial charge in [0.1, 0.15) is 17.5 Å². The van der Waals surface area contributed by atoms with Crippen LogP contribution in [0.2, 0.25) is 0 Å². The molecule has 0 aliphatic carbocycles. The van der Waals surface area contributed by atoms with Crippen molar-refractivity contribution in [2.75, 3.05) is 26.7 Å². The molecule has 6 nitrogen and oxygen atoms in total. The molecule has 2 aromatic rings. The quantitative estimate of drug-likeness (QED) is 0.631. The van der Waals surface area contributed by atoms with E-state index in [9.17, 15) is 15.0 Å². The van der Waals surface area contributed by atoms with Crippen LogP contribution in [0, 0.1) is 0 Å². The lowest BCUT2D eigenvalue weighted by molar-refractivity contribution is -0.148. The number of rotatable bonds is 8. The van der Waals surface area contributed by atoms with Crippen molar-refractivity contribution in [2.24, 2.45) is 0 Å². The summed E-state index contributed by atoms with van der Waals surface area (Å²) < 4.78 is 5.22. The van der Waals surface area contributed by atoms with Crippen LogP contribution in [0.1, 0.15) is 24.0 Å². The lowest BCUT2D eigenvalue weighted by Gasteiger charge is -2.42. The Morgan fingerprint density at radius 3 is 2.69 bits per heavy atom. The molecule has 1 heterocycles. The number of nitrogens with zero attached hydrogens (tertiary/aromatic N) is 1. The first-order chi connectivity index (χ1) is 14.0. The summed E-state index contributed by atoms with van der Waals surface area (Å²) >= 11 is 0. The fraction of sp³-hybridized carbons (Fsp3) is 0.435. The van der Waals surface area contributed by atoms with E-state index in [-0.39, 0.29) is 19.0 Å². The maximum absolute atomic E-state index is 12.5. The van der Waals surface area contributed by atoms with E-state index in [4.69, 9.17) is 4.74 Å². The number of hydrogen-bond acceptors (Lipinski definition) is 5. The summed E-state index contributed by atoms with van der Waals surface area (Å²) in [6, 6.07) is 17.6. The van der Waals surface area contributed by atoms with Gasteiger partial charge in [-0.2, -0.15) is 0 Å². The molecule has 29 heavy (non-hydrogen) atoms. The topological polar surface area (TPSA) is 82.0 Å². The standard InChI is InChI=1S/C23H30N2O4/c1-29-20-9-5-8-19(14-20)15-24-17-23(28)12-13-25(16-21(23)26)22(27)11-10-18-6-3-2-4-7-18/h2-9,14,21,24,26,28H,10-13,15-17H2,1H3/t21-,23-/m0/s1. The average Bonchev–Trinajstić information content (AvgIpc) is 2.75. The molecule has 1 fully saturated rings. The first-order valence-electron chi connectivity index (χ1n) is 10.1. The van der Waals surface area contributed by atoms with Gasteiger partial charge in [-0.3, -0.25) is 4.79 Å². The van der Waals surface area contributed by atoms with Gasteiger partial charge in [-0.05, 0) is 36.1 Å². The zero-order chi connectivity index (χ0) is 20.7. The van der Waals surface area contributed by atoms with Crippen molar-refractivity contribution in [3.63, 3.8) is 0 Å². The van der Waals surface area contributed by atoms with Crippen LogP contribution in [0.25, 0.3) is 0 Å². The Labute approximate surface area is 172 Å². The number of piperidine rings is 1. The van der Waals surface area contributed by atoms with E-state index < -0.39 is 11.7 Å². The van der Waals surface area contributed by atoms with Crippen molar-refractivity contribution >= 4 is 5.91 Å². The van der Waals surface area contributed by atoms with Crippen molar-refractivity contribution in [2.45, 2.75) is 37.5 Å². The number of ether oxygens (including phenoxy) is 1. The molecule has 0 aromatic heterocycles. The van der Waals surface area contributed by atoms with Crippen LogP contribution in [-0.2, 0) is 17.8 Å². The van der Waals surface area contributed by atoms with Crippen LogP contribution in [0.4, 0.5) is 0 Å². The third kappa shape index (κ3) is 5.79. The van der Waals surface area contributed by atoms with E-state index in [1.165, 1.54) is 0 Å². The first-order valence-corrected chi connectivity index (χ1v) is 10.1. The summed E-state index contributed by atoms with van der Waals surface area (Å²) in [6.45, 7) is 1.43. The summed E-state index contributed by atoms with van der Waals surface area (Å²) in [6.07, 6.45) is 0.452. The van der Waals surface area contributed by atoms with E-state index in [1.807, 2.05) is 54.6 Å². The van der Waals surface area contributed by atoms with Crippen molar-refractivity contribution in [1.82, 2.24) is 10.2 Å². The van der Waals surface area contributed by atoms with E-state index >= 15 is 0 Å². The van der Waals surface area contributed by atoms with Crippen LogP contribution < -0.4 is 10.1 Å². The molecule has 3 rings (SSSR count). The Hall–Kier alpha value is -2.41. The molecule has 0 spiro atoms. The molecule has 1 aliphatic heterocycles. The average molecular weight is 399 g/mol. The number of methoxy groups -OCH3 is 1. The minimum absolute atomic E-state index is 0.0132. The Balaban J connectivity index is 1.46. The van der Waals surface area contributed by atoms with Gasteiger partial charge in [-0.25, -0.2) is 0 Å². The lowest BCUT2D eigenvalue weighted by atomic mass is 9.88. The molecule has 1 aliphatic rings. The number of β-amino-alcohol motifs (C(OH)–C–C–N with tert-alkyl or cyclic N) is 1. The minimum atomic E-state index is -1.24. The third-order valence-electron chi connectivity index (χ3n) is 5.55. The molecule has 156 valence electrons. The Kier molecular flexibility index (Phi) is 7.25. The molecule has 2 aromatic carbocycles. The van der Waals surface area contributed by atoms with E-state index in [1.54, 1.807) is 12.0 Å². The predicted molar refractivity (Wildman–Crippen MR) is 112 cm³/mol. The normalized spacial score (nSPS) is 21.8. The van der Waals surface area contributed by atoms with Crippen molar-refractivity contribution in [3.8, 4) is 5.75 Å². The minimum Gasteiger partial charge on any atom is -0.497 e. The fourth-order valence-corrected chi connectivity index (χ4v) is 3.66.